The zero-order valence-corrected chi connectivity index (χ0v) is 15.7. The van der Waals surface area contributed by atoms with E-state index in [1.807, 2.05) is 0 Å². The standard InChI is InChI=1S/C21H27NO4/c1-11(2)6-13-4-5-15-14(8-13)9-16-17(20(23)22-19(15)16)10-25-18-7-12(3)21(24)26-18/h7,10-11,13,16,18-19H,4-6,8-9H2,1-3H3,(H,22,23). The second-order valence-corrected chi connectivity index (χ2v) is 8.46. The van der Waals surface area contributed by atoms with E-state index in [1.54, 1.807) is 18.6 Å². The third-order valence-electron chi connectivity index (χ3n) is 6.07. The Morgan fingerprint density at radius 3 is 2.85 bits per heavy atom. The second-order valence-electron chi connectivity index (χ2n) is 8.46. The fourth-order valence-electron chi connectivity index (χ4n) is 4.93. The number of nitrogens with one attached hydrogen (secondary N) is 1. The van der Waals surface area contributed by atoms with Crippen molar-refractivity contribution in [3.05, 3.63) is 34.6 Å². The quantitative estimate of drug-likeness (QED) is 0.363. The summed E-state index contributed by atoms with van der Waals surface area (Å²) in [6, 6.07) is 0.135. The van der Waals surface area contributed by atoms with Crippen molar-refractivity contribution in [3.8, 4) is 0 Å². The minimum absolute atomic E-state index is 0.0547. The van der Waals surface area contributed by atoms with Gasteiger partial charge in [0, 0.05) is 17.6 Å². The topological polar surface area (TPSA) is 64.6 Å². The highest BCUT2D eigenvalue weighted by Crippen LogP contribution is 2.48. The highest BCUT2D eigenvalue weighted by Gasteiger charge is 2.46. The van der Waals surface area contributed by atoms with Gasteiger partial charge in [0.25, 0.3) is 12.2 Å². The number of carbonyl (C=O) groups excluding carboxylic acids is 2. The van der Waals surface area contributed by atoms with Gasteiger partial charge in [0.2, 0.25) is 0 Å². The van der Waals surface area contributed by atoms with Crippen LogP contribution in [0.5, 0.6) is 0 Å². The van der Waals surface area contributed by atoms with Crippen LogP contribution in [-0.4, -0.2) is 24.2 Å². The molecule has 0 radical (unpaired) electrons. The molecular formula is C21H27NO4. The van der Waals surface area contributed by atoms with Gasteiger partial charge in [0.1, 0.15) is 0 Å². The van der Waals surface area contributed by atoms with Gasteiger partial charge in [-0.1, -0.05) is 19.4 Å². The van der Waals surface area contributed by atoms with Crippen LogP contribution in [0.1, 0.15) is 52.9 Å². The van der Waals surface area contributed by atoms with Gasteiger partial charge < -0.3 is 14.8 Å². The van der Waals surface area contributed by atoms with E-state index in [4.69, 9.17) is 9.47 Å². The molecule has 4 unspecified atom stereocenters. The molecule has 26 heavy (non-hydrogen) atoms. The summed E-state index contributed by atoms with van der Waals surface area (Å²) in [7, 11) is 0. The lowest BCUT2D eigenvalue weighted by Crippen LogP contribution is -2.29. The molecule has 5 heteroatoms. The highest BCUT2D eigenvalue weighted by atomic mass is 16.7. The number of hydrogen-bond donors (Lipinski definition) is 1. The molecule has 1 fully saturated rings. The Balaban J connectivity index is 1.45. The number of esters is 1. The van der Waals surface area contributed by atoms with Crippen molar-refractivity contribution in [1.29, 1.82) is 0 Å². The minimum Gasteiger partial charge on any atom is -0.458 e. The Labute approximate surface area is 154 Å². The zero-order chi connectivity index (χ0) is 18.4. The fraction of sp³-hybridized carbons (Fsp3) is 0.619. The smallest absolute Gasteiger partial charge is 0.336 e. The zero-order valence-electron chi connectivity index (χ0n) is 15.7. The molecule has 0 aromatic carbocycles. The van der Waals surface area contributed by atoms with Crippen LogP contribution >= 0.6 is 0 Å². The Morgan fingerprint density at radius 2 is 2.15 bits per heavy atom. The summed E-state index contributed by atoms with van der Waals surface area (Å²) in [6.45, 7) is 6.27. The molecule has 2 aliphatic carbocycles. The lowest BCUT2D eigenvalue weighted by atomic mass is 9.80. The van der Waals surface area contributed by atoms with Gasteiger partial charge in [0.05, 0.1) is 17.9 Å². The Morgan fingerprint density at radius 1 is 1.35 bits per heavy atom. The average Bonchev–Trinajstić information content (AvgIpc) is 3.17. The van der Waals surface area contributed by atoms with Crippen molar-refractivity contribution < 1.29 is 19.1 Å². The summed E-state index contributed by atoms with van der Waals surface area (Å²) in [5.41, 5.74) is 4.22. The third kappa shape index (κ3) is 3.08. The number of amides is 1. The molecule has 1 saturated heterocycles. The molecule has 0 aromatic rings. The number of fused-ring (bicyclic) bond motifs is 2. The van der Waals surface area contributed by atoms with E-state index in [2.05, 4.69) is 19.2 Å². The van der Waals surface area contributed by atoms with Crippen LogP contribution in [0.3, 0.4) is 0 Å². The fourth-order valence-corrected chi connectivity index (χ4v) is 4.93. The van der Waals surface area contributed by atoms with E-state index in [9.17, 15) is 9.59 Å². The van der Waals surface area contributed by atoms with Gasteiger partial charge in [-0.25, -0.2) is 4.79 Å². The van der Waals surface area contributed by atoms with Crippen molar-refractivity contribution >= 4 is 11.9 Å². The van der Waals surface area contributed by atoms with Crippen LogP contribution in [0.2, 0.25) is 0 Å². The lowest BCUT2D eigenvalue weighted by Gasteiger charge is -2.27. The van der Waals surface area contributed by atoms with Crippen LogP contribution in [0.4, 0.5) is 0 Å². The van der Waals surface area contributed by atoms with Crippen LogP contribution in [0.25, 0.3) is 0 Å². The molecule has 0 bridgehead atoms. The molecule has 4 atom stereocenters. The number of rotatable bonds is 4. The van der Waals surface area contributed by atoms with Crippen molar-refractivity contribution in [2.75, 3.05) is 0 Å². The monoisotopic (exact) mass is 357 g/mol. The number of carbonyl (C=O) groups is 2. The Bertz CT molecular complexity index is 730. The normalized spacial score (nSPS) is 34.8. The molecule has 0 spiro atoms. The van der Waals surface area contributed by atoms with Gasteiger partial charge in [-0.3, -0.25) is 4.79 Å². The number of hydrogen-bond acceptors (Lipinski definition) is 4. The SMILES string of the molecule is CC1=CC(OC=C2C(=O)NC3C4=C(CC(CC(C)C)CC4)CC23)OC1=O. The molecule has 140 valence electrons. The van der Waals surface area contributed by atoms with Crippen molar-refractivity contribution in [3.63, 3.8) is 0 Å². The molecule has 4 rings (SSSR count). The number of cyclic esters (lactones) is 1. The summed E-state index contributed by atoms with van der Waals surface area (Å²) < 4.78 is 10.7. The molecule has 0 aromatic heterocycles. The predicted octanol–water partition coefficient (Wildman–Crippen LogP) is 3.38. The maximum absolute atomic E-state index is 12.4. The molecule has 1 amide bonds. The Kier molecular flexibility index (Phi) is 4.41. The first-order valence-corrected chi connectivity index (χ1v) is 9.69. The highest BCUT2D eigenvalue weighted by molar-refractivity contribution is 5.97. The van der Waals surface area contributed by atoms with Gasteiger partial charge in [-0.2, -0.15) is 0 Å². The summed E-state index contributed by atoms with van der Waals surface area (Å²) in [6.07, 6.45) is 8.16. The summed E-state index contributed by atoms with van der Waals surface area (Å²) in [5, 5.41) is 3.15. The van der Waals surface area contributed by atoms with Crippen molar-refractivity contribution in [2.45, 2.75) is 65.2 Å². The van der Waals surface area contributed by atoms with E-state index in [1.165, 1.54) is 31.1 Å². The lowest BCUT2D eigenvalue weighted by molar-refractivity contribution is -0.152. The first-order chi connectivity index (χ1) is 12.4. The van der Waals surface area contributed by atoms with Gasteiger partial charge in [0.15, 0.2) is 0 Å². The second kappa shape index (κ2) is 6.60. The van der Waals surface area contributed by atoms with Gasteiger partial charge in [-0.15, -0.1) is 0 Å². The van der Waals surface area contributed by atoms with E-state index < -0.39 is 6.29 Å². The van der Waals surface area contributed by atoms with Crippen LogP contribution in [0, 0.1) is 17.8 Å². The van der Waals surface area contributed by atoms with E-state index in [0.717, 1.165) is 24.7 Å². The van der Waals surface area contributed by atoms with Gasteiger partial charge >= 0.3 is 5.97 Å². The van der Waals surface area contributed by atoms with Crippen LogP contribution < -0.4 is 5.32 Å². The first-order valence-electron chi connectivity index (χ1n) is 9.69. The Hall–Kier alpha value is -2.04. The molecule has 0 saturated carbocycles. The summed E-state index contributed by atoms with van der Waals surface area (Å²) in [5.74, 6) is 1.25. The molecule has 2 heterocycles. The van der Waals surface area contributed by atoms with Crippen molar-refractivity contribution in [2.24, 2.45) is 17.8 Å². The number of ether oxygens (including phenoxy) is 2. The maximum Gasteiger partial charge on any atom is 0.336 e. The largest absolute Gasteiger partial charge is 0.458 e. The number of allylic oxidation sites excluding steroid dienone is 1. The molecule has 1 N–H and O–H groups in total. The molecule has 4 aliphatic rings. The first kappa shape index (κ1) is 17.4. The van der Waals surface area contributed by atoms with E-state index in [0.29, 0.717) is 11.1 Å². The van der Waals surface area contributed by atoms with E-state index in [-0.39, 0.29) is 23.8 Å². The predicted molar refractivity (Wildman–Crippen MR) is 96.7 cm³/mol. The van der Waals surface area contributed by atoms with Gasteiger partial charge in [-0.05, 0) is 56.4 Å². The van der Waals surface area contributed by atoms with Crippen LogP contribution in [0.15, 0.2) is 34.6 Å². The molecule has 5 nitrogen and oxygen atoms in total. The maximum atomic E-state index is 12.4. The molecule has 2 aliphatic heterocycles. The summed E-state index contributed by atoms with van der Waals surface area (Å²) in [4.78, 5) is 23.8. The summed E-state index contributed by atoms with van der Waals surface area (Å²) >= 11 is 0. The van der Waals surface area contributed by atoms with Crippen molar-refractivity contribution in [1.82, 2.24) is 5.32 Å². The minimum atomic E-state index is -0.721. The third-order valence-corrected chi connectivity index (χ3v) is 6.07. The molecular weight excluding hydrogens is 330 g/mol. The van der Waals surface area contributed by atoms with Crippen LogP contribution in [-0.2, 0) is 19.1 Å². The average molecular weight is 357 g/mol. The van der Waals surface area contributed by atoms with E-state index >= 15 is 0 Å².